The number of esters is 1. The highest BCUT2D eigenvalue weighted by Crippen LogP contribution is 2.18. The summed E-state index contributed by atoms with van der Waals surface area (Å²) in [5.41, 5.74) is 2.15. The van der Waals surface area contributed by atoms with Gasteiger partial charge in [0.1, 0.15) is 5.56 Å². The zero-order chi connectivity index (χ0) is 15.9. The number of unbranched alkanes of at least 4 members (excludes halogenated alkanes) is 1. The van der Waals surface area contributed by atoms with E-state index in [0.717, 1.165) is 24.1 Å². The van der Waals surface area contributed by atoms with Crippen molar-refractivity contribution in [3.63, 3.8) is 0 Å². The van der Waals surface area contributed by atoms with Gasteiger partial charge in [-0.25, -0.2) is 4.79 Å². The van der Waals surface area contributed by atoms with Crippen molar-refractivity contribution in [2.24, 2.45) is 0 Å². The lowest BCUT2D eigenvalue weighted by molar-refractivity contribution is 0.0523. The first-order valence-electron chi connectivity index (χ1n) is 7.66. The molecule has 4 nitrogen and oxygen atoms in total. The molecule has 1 heterocycles. The Morgan fingerprint density at radius 1 is 1.18 bits per heavy atom. The summed E-state index contributed by atoms with van der Waals surface area (Å²) in [4.78, 5) is 27.7. The molecule has 0 fully saturated rings. The third-order valence-electron chi connectivity index (χ3n) is 3.45. The fourth-order valence-corrected chi connectivity index (χ4v) is 2.35. The highest BCUT2D eigenvalue weighted by molar-refractivity contribution is 5.91. The van der Waals surface area contributed by atoms with Crippen molar-refractivity contribution in [2.75, 3.05) is 6.61 Å². The minimum absolute atomic E-state index is 0.134. The zero-order valence-electron chi connectivity index (χ0n) is 13.0. The fourth-order valence-electron chi connectivity index (χ4n) is 2.35. The standard InChI is InChI=1S/C18H21NO3/c1-3-5-11-14-17(18(21)22-4-2)16(20)12-15(19-14)13-9-7-6-8-10-13/h6-10,12H,3-5,11H2,1-2H3,(H,19,20). The molecule has 1 N–H and O–H groups in total. The van der Waals surface area contributed by atoms with Crippen LogP contribution in [0.25, 0.3) is 11.3 Å². The van der Waals surface area contributed by atoms with E-state index >= 15 is 0 Å². The van der Waals surface area contributed by atoms with E-state index in [0.29, 0.717) is 12.1 Å². The molecule has 0 amide bonds. The second-order valence-electron chi connectivity index (χ2n) is 5.09. The summed E-state index contributed by atoms with van der Waals surface area (Å²) in [6, 6.07) is 11.1. The first-order valence-corrected chi connectivity index (χ1v) is 7.66. The lowest BCUT2D eigenvalue weighted by atomic mass is 10.0. The molecule has 0 radical (unpaired) electrons. The van der Waals surface area contributed by atoms with Crippen molar-refractivity contribution >= 4 is 5.97 Å². The number of benzene rings is 1. The first kappa shape index (κ1) is 16.0. The SMILES string of the molecule is CCCCc1[nH]c(-c2ccccc2)cc(=O)c1C(=O)OCC. The Bertz CT molecular complexity index is 689. The largest absolute Gasteiger partial charge is 0.462 e. The van der Waals surface area contributed by atoms with Gasteiger partial charge in [-0.2, -0.15) is 0 Å². The van der Waals surface area contributed by atoms with Crippen LogP contribution in [0.1, 0.15) is 42.7 Å². The number of carbonyl (C=O) groups excluding carboxylic acids is 1. The van der Waals surface area contributed by atoms with Gasteiger partial charge in [-0.3, -0.25) is 4.79 Å². The summed E-state index contributed by atoms with van der Waals surface area (Å²) in [5, 5.41) is 0. The van der Waals surface area contributed by atoms with Crippen LogP contribution in [-0.2, 0) is 11.2 Å². The highest BCUT2D eigenvalue weighted by Gasteiger charge is 2.18. The summed E-state index contributed by atoms with van der Waals surface area (Å²) in [5.74, 6) is -0.547. The number of rotatable bonds is 6. The van der Waals surface area contributed by atoms with E-state index < -0.39 is 5.97 Å². The number of carbonyl (C=O) groups is 1. The molecule has 1 aromatic heterocycles. The average Bonchev–Trinajstić information content (AvgIpc) is 2.53. The van der Waals surface area contributed by atoms with Crippen LogP contribution in [0.15, 0.2) is 41.2 Å². The van der Waals surface area contributed by atoms with Crippen LogP contribution in [0.4, 0.5) is 0 Å². The van der Waals surface area contributed by atoms with Gasteiger partial charge in [-0.15, -0.1) is 0 Å². The molecule has 4 heteroatoms. The van der Waals surface area contributed by atoms with Crippen LogP contribution < -0.4 is 5.43 Å². The van der Waals surface area contributed by atoms with E-state index in [-0.39, 0.29) is 17.6 Å². The summed E-state index contributed by atoms with van der Waals surface area (Å²) in [6.07, 6.45) is 2.54. The van der Waals surface area contributed by atoms with Crippen LogP contribution in [0.5, 0.6) is 0 Å². The minimum Gasteiger partial charge on any atom is -0.462 e. The Morgan fingerprint density at radius 2 is 1.91 bits per heavy atom. The summed E-state index contributed by atoms with van der Waals surface area (Å²) >= 11 is 0. The molecule has 0 aliphatic rings. The first-order chi connectivity index (χ1) is 10.7. The van der Waals surface area contributed by atoms with Crippen molar-refractivity contribution < 1.29 is 9.53 Å². The third kappa shape index (κ3) is 3.64. The predicted octanol–water partition coefficient (Wildman–Crippen LogP) is 3.56. The third-order valence-corrected chi connectivity index (χ3v) is 3.45. The van der Waals surface area contributed by atoms with E-state index in [4.69, 9.17) is 4.74 Å². The van der Waals surface area contributed by atoms with E-state index in [1.54, 1.807) is 6.92 Å². The van der Waals surface area contributed by atoms with Gasteiger partial charge in [0.25, 0.3) is 0 Å². The number of aromatic amines is 1. The molecule has 0 saturated heterocycles. The van der Waals surface area contributed by atoms with Crippen molar-refractivity contribution in [1.82, 2.24) is 4.98 Å². The Hall–Kier alpha value is -2.36. The van der Waals surface area contributed by atoms with Gasteiger partial charge >= 0.3 is 5.97 Å². The van der Waals surface area contributed by atoms with Crippen molar-refractivity contribution in [1.29, 1.82) is 0 Å². The van der Waals surface area contributed by atoms with Crippen molar-refractivity contribution in [3.8, 4) is 11.3 Å². The van der Waals surface area contributed by atoms with Gasteiger partial charge in [0.2, 0.25) is 0 Å². The molecular formula is C18H21NO3. The number of aryl methyl sites for hydroxylation is 1. The summed E-state index contributed by atoms with van der Waals surface area (Å²) in [6.45, 7) is 4.06. The van der Waals surface area contributed by atoms with E-state index in [2.05, 4.69) is 11.9 Å². The fraction of sp³-hybridized carbons (Fsp3) is 0.333. The van der Waals surface area contributed by atoms with Crippen LogP contribution in [0, 0.1) is 0 Å². The molecule has 0 atom stereocenters. The van der Waals surface area contributed by atoms with E-state index in [1.165, 1.54) is 6.07 Å². The lowest BCUT2D eigenvalue weighted by Gasteiger charge is -2.11. The molecule has 1 aromatic carbocycles. The molecule has 22 heavy (non-hydrogen) atoms. The second-order valence-corrected chi connectivity index (χ2v) is 5.09. The van der Waals surface area contributed by atoms with Gasteiger partial charge in [0.05, 0.1) is 6.61 Å². The molecule has 2 aromatic rings. The molecule has 0 unspecified atom stereocenters. The number of pyridine rings is 1. The topological polar surface area (TPSA) is 59.2 Å². The molecular weight excluding hydrogens is 278 g/mol. The van der Waals surface area contributed by atoms with Gasteiger partial charge in [0, 0.05) is 17.5 Å². The highest BCUT2D eigenvalue weighted by atomic mass is 16.5. The van der Waals surface area contributed by atoms with Crippen molar-refractivity contribution in [3.05, 3.63) is 57.9 Å². The lowest BCUT2D eigenvalue weighted by Crippen LogP contribution is -2.21. The molecule has 0 aliphatic heterocycles. The Labute approximate surface area is 130 Å². The molecule has 0 bridgehead atoms. The van der Waals surface area contributed by atoms with Gasteiger partial charge in [-0.1, -0.05) is 43.7 Å². The molecule has 0 saturated carbocycles. The van der Waals surface area contributed by atoms with E-state index in [1.807, 2.05) is 30.3 Å². The molecule has 2 rings (SSSR count). The van der Waals surface area contributed by atoms with Gasteiger partial charge in [-0.05, 0) is 25.3 Å². The minimum atomic E-state index is -0.547. The number of aromatic nitrogens is 1. The molecule has 0 spiro atoms. The van der Waals surface area contributed by atoms with Crippen molar-refractivity contribution in [2.45, 2.75) is 33.1 Å². The maximum absolute atomic E-state index is 12.4. The predicted molar refractivity (Wildman–Crippen MR) is 87.1 cm³/mol. The van der Waals surface area contributed by atoms with Gasteiger partial charge < -0.3 is 9.72 Å². The second kappa shape index (κ2) is 7.59. The number of ether oxygens (including phenoxy) is 1. The van der Waals surface area contributed by atoms with Crippen LogP contribution in [0.2, 0.25) is 0 Å². The Kier molecular flexibility index (Phi) is 5.53. The average molecular weight is 299 g/mol. The van der Waals surface area contributed by atoms with Gasteiger partial charge in [0.15, 0.2) is 5.43 Å². The normalized spacial score (nSPS) is 10.5. The smallest absolute Gasteiger partial charge is 0.343 e. The van der Waals surface area contributed by atoms with Crippen LogP contribution in [-0.4, -0.2) is 17.6 Å². The number of hydrogen-bond donors (Lipinski definition) is 1. The van der Waals surface area contributed by atoms with E-state index in [9.17, 15) is 9.59 Å². The summed E-state index contributed by atoms with van der Waals surface area (Å²) in [7, 11) is 0. The number of hydrogen-bond acceptors (Lipinski definition) is 3. The maximum Gasteiger partial charge on any atom is 0.343 e. The maximum atomic E-state index is 12.4. The van der Waals surface area contributed by atoms with Crippen LogP contribution in [0.3, 0.4) is 0 Å². The molecule has 0 aliphatic carbocycles. The summed E-state index contributed by atoms with van der Waals surface area (Å²) < 4.78 is 5.02. The quantitative estimate of drug-likeness (QED) is 0.830. The molecule has 116 valence electrons. The number of nitrogens with one attached hydrogen (secondary N) is 1. The Morgan fingerprint density at radius 3 is 2.55 bits per heavy atom. The van der Waals surface area contributed by atoms with Crippen LogP contribution >= 0.6 is 0 Å². The Balaban J connectivity index is 2.51. The monoisotopic (exact) mass is 299 g/mol. The zero-order valence-corrected chi connectivity index (χ0v) is 13.0. The number of H-pyrrole nitrogens is 1.